The van der Waals surface area contributed by atoms with E-state index >= 15 is 0 Å². The molecule has 6 rings (SSSR count). The molecule has 1 atom stereocenters. The van der Waals surface area contributed by atoms with Gasteiger partial charge in [-0.1, -0.05) is 24.3 Å². The van der Waals surface area contributed by atoms with E-state index in [0.717, 1.165) is 52.4 Å². The van der Waals surface area contributed by atoms with Crippen LogP contribution in [0.2, 0.25) is 0 Å². The Morgan fingerprint density at radius 1 is 0.763 bits per heavy atom. The Bertz CT molecular complexity index is 1590. The van der Waals surface area contributed by atoms with Crippen LogP contribution in [0.25, 0.3) is 0 Å². The molecule has 1 N–H and O–H groups in total. The molecule has 0 radical (unpaired) electrons. The molecule has 4 aromatic rings. The average Bonchev–Trinajstić information content (AvgIpc) is 3.21. The molecule has 192 valence electrons. The Kier molecular flexibility index (Phi) is 5.68. The van der Waals surface area contributed by atoms with Gasteiger partial charge in [-0.05, 0) is 93.8 Å². The predicted octanol–water partition coefficient (Wildman–Crippen LogP) is 7.77. The van der Waals surface area contributed by atoms with Crippen LogP contribution in [0.15, 0.2) is 72.8 Å². The molecule has 0 saturated heterocycles. The van der Waals surface area contributed by atoms with Gasteiger partial charge in [0.1, 0.15) is 11.5 Å². The van der Waals surface area contributed by atoms with Gasteiger partial charge in [0.15, 0.2) is 5.60 Å². The van der Waals surface area contributed by atoms with E-state index in [4.69, 9.17) is 9.47 Å². The second kappa shape index (κ2) is 8.95. The molecule has 0 aliphatic carbocycles. The zero-order chi connectivity index (χ0) is 26.6. The van der Waals surface area contributed by atoms with Crippen LogP contribution >= 0.6 is 0 Å². The summed E-state index contributed by atoms with van der Waals surface area (Å²) < 4.78 is 13.0. The molecule has 1 unspecified atom stereocenters. The van der Waals surface area contributed by atoms with E-state index in [0.29, 0.717) is 17.1 Å². The number of aryl methyl sites for hydroxylation is 3. The third kappa shape index (κ3) is 3.57. The number of benzene rings is 4. The molecule has 38 heavy (non-hydrogen) atoms. The Labute approximate surface area is 224 Å². The van der Waals surface area contributed by atoms with Crippen LogP contribution in [0.3, 0.4) is 0 Å². The van der Waals surface area contributed by atoms with Crippen molar-refractivity contribution in [1.29, 1.82) is 0 Å². The molecule has 2 aliphatic heterocycles. The van der Waals surface area contributed by atoms with E-state index in [1.54, 1.807) is 0 Å². The summed E-state index contributed by atoms with van der Waals surface area (Å²) in [7, 11) is 0. The number of hydrogen-bond donors (Lipinski definition) is 1. The molecule has 2 heterocycles. The minimum atomic E-state index is -1.09. The molecular weight excluding hydrogens is 472 g/mol. The highest BCUT2D eigenvalue weighted by Crippen LogP contribution is 2.57. The maximum Gasteiger partial charge on any atom is 0.340 e. The average molecular weight is 505 g/mol. The molecule has 5 heteroatoms. The summed E-state index contributed by atoms with van der Waals surface area (Å²) >= 11 is 0. The molecule has 4 aromatic carbocycles. The second-order valence-electron chi connectivity index (χ2n) is 10.2. The summed E-state index contributed by atoms with van der Waals surface area (Å²) in [5, 5.41) is 3.59. The molecule has 5 nitrogen and oxygen atoms in total. The number of nitrogens with zero attached hydrogens (tertiary/aromatic N) is 1. The van der Waals surface area contributed by atoms with Crippen LogP contribution in [0.5, 0.6) is 11.5 Å². The highest BCUT2D eigenvalue weighted by atomic mass is 16.6. The first-order chi connectivity index (χ1) is 18.3. The zero-order valence-electron chi connectivity index (χ0n) is 22.5. The van der Waals surface area contributed by atoms with Gasteiger partial charge >= 0.3 is 5.97 Å². The lowest BCUT2D eigenvalue weighted by Gasteiger charge is -2.37. The van der Waals surface area contributed by atoms with E-state index in [2.05, 4.69) is 87.3 Å². The van der Waals surface area contributed by atoms with Crippen molar-refractivity contribution in [2.24, 2.45) is 0 Å². The maximum atomic E-state index is 13.3. The lowest BCUT2D eigenvalue weighted by Crippen LogP contribution is -2.33. The fourth-order valence-electron chi connectivity index (χ4n) is 5.70. The van der Waals surface area contributed by atoms with Gasteiger partial charge in [0.2, 0.25) is 0 Å². The van der Waals surface area contributed by atoms with Crippen molar-refractivity contribution in [2.75, 3.05) is 23.3 Å². The lowest BCUT2D eigenvalue weighted by molar-refractivity contribution is 0.0224. The SMILES string of the molecule is CCN(CC)c1ccc2c(c1)Oc1cc(C)c(Nc3ccc(C)c(C)c3)cc1C21OC(=O)c2ccccc21. The lowest BCUT2D eigenvalue weighted by atomic mass is 9.77. The summed E-state index contributed by atoms with van der Waals surface area (Å²) in [6.45, 7) is 12.4. The van der Waals surface area contributed by atoms with Gasteiger partial charge in [0.25, 0.3) is 0 Å². The summed E-state index contributed by atoms with van der Waals surface area (Å²) in [6.07, 6.45) is 0. The van der Waals surface area contributed by atoms with E-state index in [1.165, 1.54) is 11.1 Å². The Morgan fingerprint density at radius 3 is 2.29 bits per heavy atom. The van der Waals surface area contributed by atoms with E-state index in [9.17, 15) is 4.79 Å². The summed E-state index contributed by atoms with van der Waals surface area (Å²) in [6, 6.07) is 24.4. The van der Waals surface area contributed by atoms with Crippen LogP contribution in [0.1, 0.15) is 57.6 Å². The molecular formula is C33H32N2O3. The first-order valence-electron chi connectivity index (χ1n) is 13.2. The number of ether oxygens (including phenoxy) is 2. The third-order valence-electron chi connectivity index (χ3n) is 7.96. The fourth-order valence-corrected chi connectivity index (χ4v) is 5.70. The van der Waals surface area contributed by atoms with Crippen molar-refractivity contribution in [3.63, 3.8) is 0 Å². The van der Waals surface area contributed by atoms with Crippen LogP contribution in [0, 0.1) is 20.8 Å². The number of anilines is 3. The van der Waals surface area contributed by atoms with Gasteiger partial charge in [-0.15, -0.1) is 0 Å². The van der Waals surface area contributed by atoms with Crippen molar-refractivity contribution in [3.05, 3.63) is 112 Å². The normalized spacial score (nSPS) is 16.8. The van der Waals surface area contributed by atoms with Crippen LogP contribution in [-0.2, 0) is 10.3 Å². The predicted molar refractivity (Wildman–Crippen MR) is 152 cm³/mol. The number of rotatable bonds is 5. The molecule has 0 aromatic heterocycles. The largest absolute Gasteiger partial charge is 0.456 e. The van der Waals surface area contributed by atoms with Crippen molar-refractivity contribution in [3.8, 4) is 11.5 Å². The van der Waals surface area contributed by atoms with E-state index in [-0.39, 0.29) is 5.97 Å². The molecule has 2 aliphatic rings. The number of esters is 1. The molecule has 1 spiro atoms. The van der Waals surface area contributed by atoms with Gasteiger partial charge < -0.3 is 19.7 Å². The number of carbonyl (C=O) groups excluding carboxylic acids is 1. The number of hydrogen-bond acceptors (Lipinski definition) is 5. The molecule has 0 fully saturated rings. The van der Waals surface area contributed by atoms with Gasteiger partial charge in [-0.2, -0.15) is 0 Å². The maximum absolute atomic E-state index is 13.3. The highest BCUT2D eigenvalue weighted by Gasteiger charge is 2.53. The number of carbonyl (C=O) groups is 1. The summed E-state index contributed by atoms with van der Waals surface area (Å²) in [5.41, 5.74) is 8.53. The Balaban J connectivity index is 1.56. The highest BCUT2D eigenvalue weighted by molar-refractivity contribution is 5.97. The fraction of sp³-hybridized carbons (Fsp3) is 0.242. The van der Waals surface area contributed by atoms with Gasteiger partial charge in [0, 0.05) is 52.9 Å². The van der Waals surface area contributed by atoms with Gasteiger partial charge in [-0.3, -0.25) is 0 Å². The number of fused-ring (bicyclic) bond motifs is 6. The monoisotopic (exact) mass is 504 g/mol. The van der Waals surface area contributed by atoms with Crippen molar-refractivity contribution in [2.45, 2.75) is 40.2 Å². The zero-order valence-corrected chi connectivity index (χ0v) is 22.5. The summed E-state index contributed by atoms with van der Waals surface area (Å²) in [5.74, 6) is 1.08. The standard InChI is InChI=1S/C33H32N2O3/c1-6-35(7-2)24-14-15-27-31(18-24)37-30-17-22(5)29(34-23-13-12-20(3)21(4)16-23)19-28(30)33(27)26-11-9-8-10-25(26)32(36)38-33/h8-19,34H,6-7H2,1-5H3. The number of nitrogens with one attached hydrogen (secondary N) is 1. The smallest absolute Gasteiger partial charge is 0.340 e. The van der Waals surface area contributed by atoms with Crippen LogP contribution < -0.4 is 15.0 Å². The van der Waals surface area contributed by atoms with E-state index in [1.807, 2.05) is 30.3 Å². The molecule has 0 saturated carbocycles. The topological polar surface area (TPSA) is 50.8 Å². The minimum absolute atomic E-state index is 0.323. The van der Waals surface area contributed by atoms with E-state index < -0.39 is 5.60 Å². The van der Waals surface area contributed by atoms with Gasteiger partial charge in [-0.25, -0.2) is 4.79 Å². The Hall–Kier alpha value is -4.25. The van der Waals surface area contributed by atoms with Crippen molar-refractivity contribution in [1.82, 2.24) is 0 Å². The quantitative estimate of drug-likeness (QED) is 0.281. The van der Waals surface area contributed by atoms with Crippen LogP contribution in [-0.4, -0.2) is 19.1 Å². The summed E-state index contributed by atoms with van der Waals surface area (Å²) in [4.78, 5) is 15.5. The molecule has 0 amide bonds. The third-order valence-corrected chi connectivity index (χ3v) is 7.96. The van der Waals surface area contributed by atoms with Crippen molar-refractivity contribution < 1.29 is 14.3 Å². The van der Waals surface area contributed by atoms with Crippen LogP contribution in [0.4, 0.5) is 17.1 Å². The van der Waals surface area contributed by atoms with Gasteiger partial charge in [0.05, 0.1) is 5.56 Å². The first kappa shape index (κ1) is 24.1. The Morgan fingerprint density at radius 2 is 1.53 bits per heavy atom. The van der Waals surface area contributed by atoms with Crippen molar-refractivity contribution >= 4 is 23.0 Å². The molecule has 0 bridgehead atoms. The first-order valence-corrected chi connectivity index (χ1v) is 13.2. The second-order valence-corrected chi connectivity index (χ2v) is 10.2. The minimum Gasteiger partial charge on any atom is -0.456 e.